The number of hydrogen-bond donors (Lipinski definition) is 3. The minimum absolute atomic E-state index is 0.452. The van der Waals surface area contributed by atoms with Crippen LogP contribution in [0.1, 0.15) is 139 Å². The lowest BCUT2D eigenvalue weighted by molar-refractivity contribution is -0.345. The number of carbonyl (C=O) groups is 2. The number of esters is 2. The molecule has 0 heterocycles. The highest BCUT2D eigenvalue weighted by Gasteiger charge is 2.78. The molecule has 0 aromatic carbocycles. The van der Waals surface area contributed by atoms with Crippen molar-refractivity contribution in [2.45, 2.75) is 165 Å². The third-order valence-corrected chi connectivity index (χ3v) is 13.4. The first kappa shape index (κ1) is 34.0. The third kappa shape index (κ3) is 5.06. The van der Waals surface area contributed by atoms with Crippen molar-refractivity contribution in [3.63, 3.8) is 0 Å². The largest absolute Gasteiger partial charge is 0.456 e. The van der Waals surface area contributed by atoms with Gasteiger partial charge in [0, 0.05) is 16.2 Å². The van der Waals surface area contributed by atoms with E-state index in [1.807, 2.05) is 71.1 Å². The summed E-state index contributed by atoms with van der Waals surface area (Å²) in [7, 11) is 0. The Balaban J connectivity index is 2.17. The number of rotatable bonds is 14. The zero-order valence-corrected chi connectivity index (χ0v) is 28.4. The monoisotopic (exact) mass is 678 g/mol. The molecule has 0 saturated heterocycles. The van der Waals surface area contributed by atoms with Gasteiger partial charge in [-0.1, -0.05) is 71.1 Å². The van der Waals surface area contributed by atoms with Crippen LogP contribution in [0.2, 0.25) is 0 Å². The molecule has 4 rings (SSSR count). The van der Waals surface area contributed by atoms with Crippen LogP contribution in [-0.4, -0.2) is 59.7 Å². The van der Waals surface area contributed by atoms with Crippen LogP contribution in [0.25, 0.3) is 0 Å². The molecule has 4 bridgehead atoms. The van der Waals surface area contributed by atoms with Gasteiger partial charge in [0.15, 0.2) is 6.61 Å². The molecule has 1 atom stereocenters. The van der Waals surface area contributed by atoms with Gasteiger partial charge in [-0.25, -0.2) is 4.79 Å². The summed E-state index contributed by atoms with van der Waals surface area (Å²) in [6.07, 6.45) is 7.15. The Morgan fingerprint density at radius 2 is 0.975 bits per heavy atom. The second kappa shape index (κ2) is 11.2. The van der Waals surface area contributed by atoms with Crippen molar-refractivity contribution in [1.82, 2.24) is 0 Å². The molecule has 8 heteroatoms. The topological polar surface area (TPSA) is 113 Å². The Morgan fingerprint density at radius 3 is 1.25 bits per heavy atom. The van der Waals surface area contributed by atoms with E-state index in [-0.39, 0.29) is 0 Å². The average molecular weight is 679 g/mol. The van der Waals surface area contributed by atoms with E-state index in [1.54, 1.807) is 6.92 Å². The lowest BCUT2D eigenvalue weighted by Crippen LogP contribution is -2.77. The van der Waals surface area contributed by atoms with Gasteiger partial charge in [0.25, 0.3) is 0 Å². The van der Waals surface area contributed by atoms with Crippen molar-refractivity contribution >= 4 is 34.5 Å². The Labute approximate surface area is 255 Å². The SMILES string of the molecule is CCC(C)(I)C(=O)OCC(=O)OC12CC3(C(O)(CC)CC)CC(C(O)(CC)CC)(C1)CC(C(O)(CC)CC)(C2)C3. The molecule has 0 aliphatic heterocycles. The molecular formula is C32H55IO7. The molecule has 3 N–H and O–H groups in total. The van der Waals surface area contributed by atoms with Crippen LogP contribution >= 0.6 is 22.6 Å². The molecule has 0 aromatic heterocycles. The summed E-state index contributed by atoms with van der Waals surface area (Å²) in [5.41, 5.74) is -6.01. The third-order valence-electron chi connectivity index (χ3n) is 12.2. The fourth-order valence-electron chi connectivity index (χ4n) is 9.82. The number of aliphatic hydroxyl groups is 3. The predicted molar refractivity (Wildman–Crippen MR) is 164 cm³/mol. The fraction of sp³-hybridized carbons (Fsp3) is 0.938. The number of alkyl halides is 1. The second-order valence-corrected chi connectivity index (χ2v) is 16.3. The molecule has 4 saturated carbocycles. The summed E-state index contributed by atoms with van der Waals surface area (Å²) in [5, 5.41) is 36.9. The first-order valence-corrected chi connectivity index (χ1v) is 16.8. The van der Waals surface area contributed by atoms with Crippen molar-refractivity contribution < 1.29 is 34.4 Å². The summed E-state index contributed by atoms with van der Waals surface area (Å²) < 4.78 is 11.1. The van der Waals surface area contributed by atoms with E-state index in [4.69, 9.17) is 9.47 Å². The molecule has 4 aliphatic carbocycles. The summed E-state index contributed by atoms with van der Waals surface area (Å²) in [6.45, 7) is 15.2. The molecule has 0 spiro atoms. The maximum Gasteiger partial charge on any atom is 0.344 e. The van der Waals surface area contributed by atoms with Crippen LogP contribution < -0.4 is 0 Å². The summed E-state index contributed by atoms with van der Waals surface area (Å²) in [6, 6.07) is 0. The first-order chi connectivity index (χ1) is 18.4. The van der Waals surface area contributed by atoms with Gasteiger partial charge in [-0.05, 0) is 90.4 Å². The van der Waals surface area contributed by atoms with Gasteiger partial charge in [-0.2, -0.15) is 0 Å². The molecule has 4 fully saturated rings. The van der Waals surface area contributed by atoms with E-state index >= 15 is 0 Å². The first-order valence-electron chi connectivity index (χ1n) is 15.7. The number of hydrogen-bond acceptors (Lipinski definition) is 7. The van der Waals surface area contributed by atoms with Gasteiger partial charge >= 0.3 is 11.9 Å². The van der Waals surface area contributed by atoms with Crippen LogP contribution in [0.3, 0.4) is 0 Å². The lowest BCUT2D eigenvalue weighted by atomic mass is 9.30. The Hall–Kier alpha value is -0.450. The number of halogens is 1. The van der Waals surface area contributed by atoms with Crippen LogP contribution in [-0.2, 0) is 19.1 Å². The van der Waals surface area contributed by atoms with E-state index in [9.17, 15) is 24.9 Å². The van der Waals surface area contributed by atoms with Gasteiger partial charge in [-0.3, -0.25) is 4.79 Å². The molecule has 7 nitrogen and oxygen atoms in total. The van der Waals surface area contributed by atoms with E-state index in [1.165, 1.54) is 0 Å². The molecule has 40 heavy (non-hydrogen) atoms. The molecule has 0 amide bonds. The van der Waals surface area contributed by atoms with Crippen LogP contribution in [0, 0.1) is 16.2 Å². The van der Waals surface area contributed by atoms with Crippen LogP contribution in [0.15, 0.2) is 0 Å². The maximum absolute atomic E-state index is 13.4. The Morgan fingerprint density at radius 1 is 0.650 bits per heavy atom. The maximum atomic E-state index is 13.4. The minimum Gasteiger partial charge on any atom is -0.456 e. The normalized spacial score (nSPS) is 33.5. The summed E-state index contributed by atoms with van der Waals surface area (Å²) >= 11 is 2.04. The van der Waals surface area contributed by atoms with E-state index in [0.717, 1.165) is 0 Å². The highest BCUT2D eigenvalue weighted by atomic mass is 127. The molecule has 232 valence electrons. The van der Waals surface area contributed by atoms with E-state index < -0.39 is 60.6 Å². The van der Waals surface area contributed by atoms with Crippen molar-refractivity contribution in [3.8, 4) is 0 Å². The highest BCUT2D eigenvalue weighted by Crippen LogP contribution is 2.79. The highest BCUT2D eigenvalue weighted by molar-refractivity contribution is 14.1. The molecule has 0 aromatic rings. The van der Waals surface area contributed by atoms with Crippen LogP contribution in [0.5, 0.6) is 0 Å². The van der Waals surface area contributed by atoms with E-state index in [0.29, 0.717) is 83.5 Å². The minimum atomic E-state index is -1.04. The Bertz CT molecular complexity index is 855. The predicted octanol–water partition coefficient (Wildman–Crippen LogP) is 6.41. The number of ether oxygens (including phenoxy) is 2. The molecule has 0 radical (unpaired) electrons. The van der Waals surface area contributed by atoms with Gasteiger partial charge in [0.05, 0.1) is 16.8 Å². The van der Waals surface area contributed by atoms with Gasteiger partial charge < -0.3 is 24.8 Å². The van der Waals surface area contributed by atoms with Crippen molar-refractivity contribution in [3.05, 3.63) is 0 Å². The van der Waals surface area contributed by atoms with Crippen molar-refractivity contribution in [2.24, 2.45) is 16.2 Å². The van der Waals surface area contributed by atoms with Crippen LogP contribution in [0.4, 0.5) is 0 Å². The fourth-order valence-corrected chi connectivity index (χ4v) is 9.98. The lowest BCUT2D eigenvalue weighted by Gasteiger charge is -2.77. The second-order valence-electron chi connectivity index (χ2n) is 13.9. The van der Waals surface area contributed by atoms with E-state index in [2.05, 4.69) is 0 Å². The van der Waals surface area contributed by atoms with Crippen molar-refractivity contribution in [2.75, 3.05) is 6.61 Å². The summed E-state index contributed by atoms with van der Waals surface area (Å²) in [4.78, 5) is 26.0. The molecule has 1 unspecified atom stereocenters. The smallest absolute Gasteiger partial charge is 0.344 e. The van der Waals surface area contributed by atoms with Gasteiger partial charge in [0.2, 0.25) is 0 Å². The number of carbonyl (C=O) groups excluding carboxylic acids is 2. The van der Waals surface area contributed by atoms with Gasteiger partial charge in [-0.15, -0.1) is 0 Å². The Kier molecular flexibility index (Phi) is 9.56. The zero-order valence-electron chi connectivity index (χ0n) is 26.3. The average Bonchev–Trinajstić information content (AvgIpc) is 2.92. The molecular weight excluding hydrogens is 623 g/mol. The quantitative estimate of drug-likeness (QED) is 0.111. The van der Waals surface area contributed by atoms with Gasteiger partial charge in [0.1, 0.15) is 9.02 Å². The standard InChI is InChI=1S/C32H55IO7/c1-9-25(8,33)24(35)39-16-23(34)40-29-20-26(30(36,10-2)11-3)17-27(21-29,31(37,12-4)13-5)19-28(18-26,22-29)32(38,14-6)15-7/h36-38H,9-22H2,1-8H3. The summed E-state index contributed by atoms with van der Waals surface area (Å²) in [5.74, 6) is -1.06. The zero-order chi connectivity index (χ0) is 30.5. The van der Waals surface area contributed by atoms with Crippen molar-refractivity contribution in [1.29, 1.82) is 0 Å². The molecule has 4 aliphatic rings.